The fourth-order valence-electron chi connectivity index (χ4n) is 2.34. The van der Waals surface area contributed by atoms with Crippen LogP contribution in [0.4, 0.5) is 5.69 Å². The molecule has 0 aliphatic carbocycles. The van der Waals surface area contributed by atoms with Crippen molar-refractivity contribution < 1.29 is 4.74 Å². The smallest absolute Gasteiger partial charge is 0.143 e. The zero-order chi connectivity index (χ0) is 13.0. The van der Waals surface area contributed by atoms with E-state index >= 15 is 0 Å². The molecule has 4 heteroatoms. The number of hydrogen-bond acceptors (Lipinski definition) is 3. The van der Waals surface area contributed by atoms with Crippen LogP contribution in [-0.2, 0) is 0 Å². The summed E-state index contributed by atoms with van der Waals surface area (Å²) in [5, 5.41) is 7.59. The van der Waals surface area contributed by atoms with Gasteiger partial charge in [-0.15, -0.1) is 0 Å². The summed E-state index contributed by atoms with van der Waals surface area (Å²) in [7, 11) is 1.67. The molecule has 0 saturated carbocycles. The first-order chi connectivity index (χ1) is 8.70. The Morgan fingerprint density at radius 3 is 3.00 bits per heavy atom. The van der Waals surface area contributed by atoms with Crippen LogP contribution in [0.2, 0.25) is 5.02 Å². The number of nitrogens with one attached hydrogen (secondary N) is 2. The highest BCUT2D eigenvalue weighted by Gasteiger charge is 2.14. The Balaban J connectivity index is 1.93. The maximum absolute atomic E-state index is 6.09. The maximum atomic E-state index is 6.09. The van der Waals surface area contributed by atoms with E-state index in [9.17, 15) is 0 Å². The second-order valence-electron chi connectivity index (χ2n) is 4.88. The summed E-state index contributed by atoms with van der Waals surface area (Å²) in [5.41, 5.74) is 2.10. The Hall–Kier alpha value is -0.930. The third-order valence-electron chi connectivity index (χ3n) is 3.51. The summed E-state index contributed by atoms with van der Waals surface area (Å²) in [4.78, 5) is 0. The summed E-state index contributed by atoms with van der Waals surface area (Å²) in [6.07, 6.45) is 2.48. The standard InChI is InChI=1S/C14H21ClN2O/c1-10-7-13(14(18-2)8-12(10)15)17-6-4-11-3-5-16-9-11/h7-8,11,16-17H,3-6,9H2,1-2H3. The van der Waals surface area contributed by atoms with Crippen molar-refractivity contribution in [3.63, 3.8) is 0 Å². The molecule has 0 amide bonds. The first kappa shape index (κ1) is 13.5. The van der Waals surface area contributed by atoms with Crippen LogP contribution in [-0.4, -0.2) is 26.7 Å². The maximum Gasteiger partial charge on any atom is 0.143 e. The van der Waals surface area contributed by atoms with Crippen molar-refractivity contribution in [1.82, 2.24) is 5.32 Å². The molecule has 1 aliphatic rings. The van der Waals surface area contributed by atoms with Crippen molar-refractivity contribution in [1.29, 1.82) is 0 Å². The first-order valence-electron chi connectivity index (χ1n) is 6.49. The van der Waals surface area contributed by atoms with Crippen LogP contribution in [0.5, 0.6) is 5.75 Å². The molecule has 3 nitrogen and oxygen atoms in total. The lowest BCUT2D eigenvalue weighted by molar-refractivity contribution is 0.416. The van der Waals surface area contributed by atoms with Crippen LogP contribution in [0.1, 0.15) is 18.4 Å². The number of aryl methyl sites for hydroxylation is 1. The van der Waals surface area contributed by atoms with Gasteiger partial charge in [-0.2, -0.15) is 0 Å². The molecule has 1 heterocycles. The number of hydrogen-bond donors (Lipinski definition) is 2. The second-order valence-corrected chi connectivity index (χ2v) is 5.28. The van der Waals surface area contributed by atoms with Gasteiger partial charge in [-0.25, -0.2) is 0 Å². The molecule has 1 atom stereocenters. The normalized spacial score (nSPS) is 18.9. The molecule has 0 radical (unpaired) electrons. The zero-order valence-corrected chi connectivity index (χ0v) is 11.8. The van der Waals surface area contributed by atoms with E-state index in [1.165, 1.54) is 12.8 Å². The van der Waals surface area contributed by atoms with Gasteiger partial charge in [0.2, 0.25) is 0 Å². The van der Waals surface area contributed by atoms with E-state index in [-0.39, 0.29) is 0 Å². The average molecular weight is 269 g/mol. The quantitative estimate of drug-likeness (QED) is 0.861. The van der Waals surface area contributed by atoms with E-state index in [2.05, 4.69) is 10.6 Å². The van der Waals surface area contributed by atoms with Crippen LogP contribution in [0.15, 0.2) is 12.1 Å². The topological polar surface area (TPSA) is 33.3 Å². The van der Waals surface area contributed by atoms with E-state index in [1.54, 1.807) is 7.11 Å². The number of ether oxygens (including phenoxy) is 1. The number of halogens is 1. The fourth-order valence-corrected chi connectivity index (χ4v) is 2.50. The minimum atomic E-state index is 0.748. The minimum absolute atomic E-state index is 0.748. The van der Waals surface area contributed by atoms with Crippen molar-refractivity contribution in [2.45, 2.75) is 19.8 Å². The number of methoxy groups -OCH3 is 1. The van der Waals surface area contributed by atoms with Gasteiger partial charge in [0.25, 0.3) is 0 Å². The minimum Gasteiger partial charge on any atom is -0.495 e. The molecule has 2 N–H and O–H groups in total. The molecule has 100 valence electrons. The van der Waals surface area contributed by atoms with E-state index in [4.69, 9.17) is 16.3 Å². The van der Waals surface area contributed by atoms with Crippen molar-refractivity contribution in [3.05, 3.63) is 22.7 Å². The Bertz CT molecular complexity index is 403. The molecule has 0 spiro atoms. The Morgan fingerprint density at radius 1 is 1.50 bits per heavy atom. The van der Waals surface area contributed by atoms with Gasteiger partial charge >= 0.3 is 0 Å². The Kier molecular flexibility index (Phi) is 4.72. The molecule has 1 fully saturated rings. The molecule has 1 aromatic carbocycles. The molecule has 0 bridgehead atoms. The highest BCUT2D eigenvalue weighted by Crippen LogP contribution is 2.31. The van der Waals surface area contributed by atoms with Gasteiger partial charge < -0.3 is 15.4 Å². The van der Waals surface area contributed by atoms with Gasteiger partial charge in [-0.1, -0.05) is 11.6 Å². The van der Waals surface area contributed by atoms with Gasteiger partial charge in [0.1, 0.15) is 5.75 Å². The monoisotopic (exact) mass is 268 g/mol. The Morgan fingerprint density at radius 2 is 2.33 bits per heavy atom. The predicted octanol–water partition coefficient (Wildman–Crippen LogP) is 3.07. The van der Waals surface area contributed by atoms with E-state index in [0.29, 0.717) is 0 Å². The zero-order valence-electron chi connectivity index (χ0n) is 11.1. The van der Waals surface area contributed by atoms with E-state index in [1.807, 2.05) is 19.1 Å². The molecule has 1 aromatic rings. The van der Waals surface area contributed by atoms with Crippen molar-refractivity contribution in [3.8, 4) is 5.75 Å². The molecule has 2 rings (SSSR count). The largest absolute Gasteiger partial charge is 0.495 e. The van der Waals surface area contributed by atoms with Crippen LogP contribution in [0, 0.1) is 12.8 Å². The number of rotatable bonds is 5. The molecule has 0 aromatic heterocycles. The van der Waals surface area contributed by atoms with Crippen LogP contribution in [0.25, 0.3) is 0 Å². The summed E-state index contributed by atoms with van der Waals surface area (Å²) in [5.74, 6) is 1.62. The van der Waals surface area contributed by atoms with Crippen LogP contribution in [0.3, 0.4) is 0 Å². The number of benzene rings is 1. The van der Waals surface area contributed by atoms with Crippen LogP contribution < -0.4 is 15.4 Å². The van der Waals surface area contributed by atoms with E-state index in [0.717, 1.165) is 47.6 Å². The lowest BCUT2D eigenvalue weighted by Crippen LogP contribution is -2.13. The molecule has 18 heavy (non-hydrogen) atoms. The molecule has 1 unspecified atom stereocenters. The first-order valence-corrected chi connectivity index (χ1v) is 6.87. The van der Waals surface area contributed by atoms with Crippen molar-refractivity contribution in [2.24, 2.45) is 5.92 Å². The van der Waals surface area contributed by atoms with E-state index < -0.39 is 0 Å². The summed E-state index contributed by atoms with van der Waals surface area (Å²) < 4.78 is 5.34. The Labute approximate surface area is 114 Å². The van der Waals surface area contributed by atoms with Gasteiger partial charge in [0.05, 0.1) is 12.8 Å². The molecular formula is C14H21ClN2O. The molecule has 1 aliphatic heterocycles. The lowest BCUT2D eigenvalue weighted by atomic mass is 10.1. The van der Waals surface area contributed by atoms with Crippen molar-refractivity contribution in [2.75, 3.05) is 32.1 Å². The molecule has 1 saturated heterocycles. The second kappa shape index (κ2) is 6.30. The lowest BCUT2D eigenvalue weighted by Gasteiger charge is -2.14. The van der Waals surface area contributed by atoms with Crippen LogP contribution >= 0.6 is 11.6 Å². The third-order valence-corrected chi connectivity index (χ3v) is 3.92. The predicted molar refractivity (Wildman–Crippen MR) is 76.8 cm³/mol. The van der Waals surface area contributed by atoms with Gasteiger partial charge in [0.15, 0.2) is 0 Å². The number of anilines is 1. The summed E-state index contributed by atoms with van der Waals surface area (Å²) >= 11 is 6.09. The summed E-state index contributed by atoms with van der Waals surface area (Å²) in [6, 6.07) is 3.92. The van der Waals surface area contributed by atoms with Gasteiger partial charge in [0, 0.05) is 17.6 Å². The SMILES string of the molecule is COc1cc(Cl)c(C)cc1NCCC1CCNC1. The molecular weight excluding hydrogens is 248 g/mol. The van der Waals surface area contributed by atoms with Gasteiger partial charge in [-0.3, -0.25) is 0 Å². The van der Waals surface area contributed by atoms with Crippen molar-refractivity contribution >= 4 is 17.3 Å². The summed E-state index contributed by atoms with van der Waals surface area (Å²) in [6.45, 7) is 5.30. The third kappa shape index (κ3) is 3.30. The average Bonchev–Trinajstić information content (AvgIpc) is 2.86. The highest BCUT2D eigenvalue weighted by molar-refractivity contribution is 6.31. The van der Waals surface area contributed by atoms with Gasteiger partial charge in [-0.05, 0) is 50.4 Å². The fraction of sp³-hybridized carbons (Fsp3) is 0.571. The highest BCUT2D eigenvalue weighted by atomic mass is 35.5.